The van der Waals surface area contributed by atoms with Gasteiger partial charge in [0.1, 0.15) is 13.1 Å². The highest BCUT2D eigenvalue weighted by molar-refractivity contribution is 6.03. The fourth-order valence-corrected chi connectivity index (χ4v) is 1.69. The number of hydrogen-bond donors (Lipinski definition) is 1. The zero-order valence-corrected chi connectivity index (χ0v) is 8.77. The first-order valence-corrected chi connectivity index (χ1v) is 5.11. The lowest BCUT2D eigenvalue weighted by Gasteiger charge is -2.28. The molecule has 1 N–H and O–H groups in total. The van der Waals surface area contributed by atoms with E-state index in [0.717, 1.165) is 0 Å². The van der Waals surface area contributed by atoms with E-state index < -0.39 is 6.03 Å². The molecule has 2 heterocycles. The summed E-state index contributed by atoms with van der Waals surface area (Å²) in [5.41, 5.74) is 0. The van der Waals surface area contributed by atoms with Gasteiger partial charge in [0.2, 0.25) is 11.8 Å². The number of morpholine rings is 1. The van der Waals surface area contributed by atoms with Crippen molar-refractivity contribution >= 4 is 17.8 Å². The normalized spacial score (nSPS) is 21.2. The summed E-state index contributed by atoms with van der Waals surface area (Å²) < 4.78 is 5.12. The van der Waals surface area contributed by atoms with E-state index in [2.05, 4.69) is 5.32 Å². The second-order valence-electron chi connectivity index (χ2n) is 3.70. The van der Waals surface area contributed by atoms with Gasteiger partial charge in [-0.05, 0) is 0 Å². The lowest BCUT2D eigenvalue weighted by atomic mass is 10.4. The summed E-state index contributed by atoms with van der Waals surface area (Å²) in [6.07, 6.45) is 0. The summed E-state index contributed by atoms with van der Waals surface area (Å²) in [6, 6.07) is -0.494. The standard InChI is InChI=1S/C9H13N3O4/c13-7-5-12(9(15)10-7)6-8(14)11-1-3-16-4-2-11/h1-6H2,(H,10,13,15). The first-order chi connectivity index (χ1) is 7.66. The number of nitrogens with zero attached hydrogens (tertiary/aromatic N) is 2. The molecule has 0 spiro atoms. The molecule has 2 aliphatic rings. The molecule has 0 saturated carbocycles. The molecule has 0 radical (unpaired) electrons. The average molecular weight is 227 g/mol. The highest BCUT2D eigenvalue weighted by Crippen LogP contribution is 2.02. The average Bonchev–Trinajstić information content (AvgIpc) is 2.59. The summed E-state index contributed by atoms with van der Waals surface area (Å²) in [5, 5.41) is 2.13. The van der Waals surface area contributed by atoms with Gasteiger partial charge in [-0.25, -0.2) is 4.79 Å². The Morgan fingerprint density at radius 2 is 2.00 bits per heavy atom. The molecule has 0 aliphatic carbocycles. The van der Waals surface area contributed by atoms with Crippen molar-refractivity contribution in [1.29, 1.82) is 0 Å². The third kappa shape index (κ3) is 2.30. The SMILES string of the molecule is O=C1CN(CC(=O)N2CCOCC2)C(=O)N1. The molecular weight excluding hydrogens is 214 g/mol. The van der Waals surface area contributed by atoms with Gasteiger partial charge in [0.15, 0.2) is 0 Å². The lowest BCUT2D eigenvalue weighted by molar-refractivity contribution is -0.135. The van der Waals surface area contributed by atoms with Crippen LogP contribution in [0.15, 0.2) is 0 Å². The van der Waals surface area contributed by atoms with Crippen LogP contribution in [-0.4, -0.2) is 67.0 Å². The van der Waals surface area contributed by atoms with E-state index >= 15 is 0 Å². The minimum atomic E-state index is -0.494. The maximum absolute atomic E-state index is 11.7. The molecule has 7 nitrogen and oxygen atoms in total. The Kier molecular flexibility index (Phi) is 3.04. The van der Waals surface area contributed by atoms with Crippen molar-refractivity contribution in [2.45, 2.75) is 0 Å². The third-order valence-electron chi connectivity index (χ3n) is 2.56. The van der Waals surface area contributed by atoms with Crippen molar-refractivity contribution in [3.63, 3.8) is 0 Å². The van der Waals surface area contributed by atoms with E-state index in [1.807, 2.05) is 0 Å². The van der Waals surface area contributed by atoms with Crippen LogP contribution in [0.4, 0.5) is 4.79 Å². The molecule has 0 aromatic carbocycles. The number of nitrogens with one attached hydrogen (secondary N) is 1. The van der Waals surface area contributed by atoms with E-state index in [1.165, 1.54) is 4.90 Å². The summed E-state index contributed by atoms with van der Waals surface area (Å²) in [6.45, 7) is 2.06. The maximum Gasteiger partial charge on any atom is 0.325 e. The van der Waals surface area contributed by atoms with Gasteiger partial charge in [0, 0.05) is 13.1 Å². The molecule has 0 bridgehead atoms. The van der Waals surface area contributed by atoms with Gasteiger partial charge < -0.3 is 14.5 Å². The minimum Gasteiger partial charge on any atom is -0.378 e. The first-order valence-electron chi connectivity index (χ1n) is 5.11. The predicted molar refractivity (Wildman–Crippen MR) is 52.5 cm³/mol. The fourth-order valence-electron chi connectivity index (χ4n) is 1.69. The van der Waals surface area contributed by atoms with E-state index in [4.69, 9.17) is 4.74 Å². The van der Waals surface area contributed by atoms with E-state index in [0.29, 0.717) is 26.3 Å². The number of ether oxygens (including phenoxy) is 1. The van der Waals surface area contributed by atoms with Crippen LogP contribution in [0.25, 0.3) is 0 Å². The monoisotopic (exact) mass is 227 g/mol. The number of carbonyl (C=O) groups excluding carboxylic acids is 3. The Morgan fingerprint density at radius 3 is 2.56 bits per heavy atom. The molecule has 4 amide bonds. The molecule has 88 valence electrons. The number of carbonyl (C=O) groups is 3. The van der Waals surface area contributed by atoms with Crippen LogP contribution in [0.5, 0.6) is 0 Å². The minimum absolute atomic E-state index is 0.0328. The quantitative estimate of drug-likeness (QED) is 0.576. The molecular formula is C9H13N3O4. The van der Waals surface area contributed by atoms with Gasteiger partial charge >= 0.3 is 6.03 Å². The Labute approximate surface area is 92.3 Å². The fraction of sp³-hybridized carbons (Fsp3) is 0.667. The van der Waals surface area contributed by atoms with E-state index in [9.17, 15) is 14.4 Å². The van der Waals surface area contributed by atoms with Crippen molar-refractivity contribution in [3.8, 4) is 0 Å². The zero-order valence-electron chi connectivity index (χ0n) is 8.77. The molecule has 2 saturated heterocycles. The smallest absolute Gasteiger partial charge is 0.325 e. The third-order valence-corrected chi connectivity index (χ3v) is 2.56. The van der Waals surface area contributed by atoms with Crippen LogP contribution in [-0.2, 0) is 14.3 Å². The highest BCUT2D eigenvalue weighted by Gasteiger charge is 2.29. The molecule has 0 atom stereocenters. The lowest BCUT2D eigenvalue weighted by Crippen LogP contribution is -2.46. The van der Waals surface area contributed by atoms with Crippen molar-refractivity contribution in [2.75, 3.05) is 39.4 Å². The van der Waals surface area contributed by atoms with E-state index in [-0.39, 0.29) is 24.9 Å². The number of amides is 4. The van der Waals surface area contributed by atoms with Crippen molar-refractivity contribution in [2.24, 2.45) is 0 Å². The summed E-state index contributed by atoms with van der Waals surface area (Å²) in [5.74, 6) is -0.507. The van der Waals surface area contributed by atoms with Crippen molar-refractivity contribution < 1.29 is 19.1 Å². The van der Waals surface area contributed by atoms with Gasteiger partial charge in [-0.3, -0.25) is 14.9 Å². The van der Waals surface area contributed by atoms with Gasteiger partial charge in [0.05, 0.1) is 13.2 Å². The molecule has 2 aliphatic heterocycles. The topological polar surface area (TPSA) is 79.0 Å². The summed E-state index contributed by atoms with van der Waals surface area (Å²) in [4.78, 5) is 36.7. The second-order valence-corrected chi connectivity index (χ2v) is 3.70. The summed E-state index contributed by atoms with van der Waals surface area (Å²) in [7, 11) is 0. The Balaban J connectivity index is 1.86. The van der Waals surface area contributed by atoms with Gasteiger partial charge in [-0.15, -0.1) is 0 Å². The highest BCUT2D eigenvalue weighted by atomic mass is 16.5. The van der Waals surface area contributed by atoms with Gasteiger partial charge in [-0.1, -0.05) is 0 Å². The van der Waals surface area contributed by atoms with Crippen LogP contribution in [0.3, 0.4) is 0 Å². The maximum atomic E-state index is 11.7. The molecule has 0 unspecified atom stereocenters. The largest absolute Gasteiger partial charge is 0.378 e. The molecule has 7 heteroatoms. The number of rotatable bonds is 2. The van der Waals surface area contributed by atoms with Crippen LogP contribution in [0.2, 0.25) is 0 Å². The molecule has 2 rings (SSSR count). The molecule has 0 aromatic heterocycles. The van der Waals surface area contributed by atoms with Gasteiger partial charge in [0.25, 0.3) is 0 Å². The zero-order chi connectivity index (χ0) is 11.5. The molecule has 2 fully saturated rings. The second kappa shape index (κ2) is 4.48. The van der Waals surface area contributed by atoms with Crippen molar-refractivity contribution in [3.05, 3.63) is 0 Å². The Morgan fingerprint density at radius 1 is 1.31 bits per heavy atom. The van der Waals surface area contributed by atoms with Crippen molar-refractivity contribution in [1.82, 2.24) is 15.1 Å². The summed E-state index contributed by atoms with van der Waals surface area (Å²) >= 11 is 0. The van der Waals surface area contributed by atoms with Crippen LogP contribution in [0, 0.1) is 0 Å². The Hall–Kier alpha value is -1.63. The van der Waals surface area contributed by atoms with Crippen LogP contribution >= 0.6 is 0 Å². The molecule has 16 heavy (non-hydrogen) atoms. The number of imide groups is 1. The Bertz CT molecular complexity index is 325. The number of hydrogen-bond acceptors (Lipinski definition) is 4. The van der Waals surface area contributed by atoms with Gasteiger partial charge in [-0.2, -0.15) is 0 Å². The number of urea groups is 1. The van der Waals surface area contributed by atoms with Crippen LogP contribution < -0.4 is 5.32 Å². The predicted octanol–water partition coefficient (Wildman–Crippen LogP) is -1.60. The van der Waals surface area contributed by atoms with E-state index in [1.54, 1.807) is 4.90 Å². The first kappa shape index (κ1) is 10.9. The van der Waals surface area contributed by atoms with Crippen LogP contribution in [0.1, 0.15) is 0 Å². The molecule has 0 aromatic rings.